The lowest BCUT2D eigenvalue weighted by molar-refractivity contribution is -0.380. The summed E-state index contributed by atoms with van der Waals surface area (Å²) in [5.41, 5.74) is 0. The van der Waals surface area contributed by atoms with E-state index in [1.54, 1.807) is 0 Å². The molecule has 1 fully saturated rings. The second-order valence-electron chi connectivity index (χ2n) is 7.85. The molecule has 0 aromatic heterocycles. The fourth-order valence-corrected chi connectivity index (χ4v) is 3.55. The molecule has 37 heavy (non-hydrogen) atoms. The van der Waals surface area contributed by atoms with Crippen molar-refractivity contribution in [1.29, 1.82) is 0 Å². The first-order valence-corrected chi connectivity index (χ1v) is 10.9. The van der Waals surface area contributed by atoms with Crippen molar-refractivity contribution in [2.24, 2.45) is 0 Å². The minimum Gasteiger partial charge on any atom is -0.463 e. The normalized spacial score (nSPS) is 25.5. The number of rotatable bonds is 10. The largest absolute Gasteiger partial charge is 0.463 e. The molecule has 1 rings (SSSR count). The zero-order valence-corrected chi connectivity index (χ0v) is 21.4. The molecule has 1 aliphatic heterocycles. The molecule has 15 nitrogen and oxygen atoms in total. The van der Waals surface area contributed by atoms with Crippen LogP contribution in [0.4, 0.5) is 0 Å². The molecule has 6 atom stereocenters. The van der Waals surface area contributed by atoms with Crippen LogP contribution in [0, 0.1) is 0 Å². The topological polar surface area (TPSA) is 193 Å². The molecular formula is C22H30O15. The quantitative estimate of drug-likeness (QED) is 0.257. The fraction of sp³-hybridized carbons (Fsp3) is 0.682. The molecule has 0 radical (unpaired) electrons. The van der Waals surface area contributed by atoms with E-state index >= 15 is 0 Å². The maximum absolute atomic E-state index is 12.3. The summed E-state index contributed by atoms with van der Waals surface area (Å²) in [4.78, 5) is 83.4. The Bertz CT molecular complexity index is 912. The van der Waals surface area contributed by atoms with Gasteiger partial charge in [-0.15, -0.1) is 0 Å². The van der Waals surface area contributed by atoms with Gasteiger partial charge in [0.05, 0.1) is 0 Å². The Morgan fingerprint density at radius 2 is 1.16 bits per heavy atom. The van der Waals surface area contributed by atoms with Gasteiger partial charge in [-0.3, -0.25) is 33.6 Å². The van der Waals surface area contributed by atoms with Crippen LogP contribution >= 0.6 is 0 Å². The van der Waals surface area contributed by atoms with Crippen molar-refractivity contribution in [3.8, 4) is 0 Å². The molecule has 0 unspecified atom stereocenters. The molecule has 0 amide bonds. The highest BCUT2D eigenvalue weighted by Crippen LogP contribution is 2.40. The zero-order valence-electron chi connectivity index (χ0n) is 21.4. The lowest BCUT2D eigenvalue weighted by atomic mass is 9.88. The maximum Gasteiger partial charge on any atom is 0.305 e. The minimum absolute atomic E-state index is 0.652. The van der Waals surface area contributed by atoms with E-state index in [1.807, 2.05) is 0 Å². The smallest absolute Gasteiger partial charge is 0.305 e. The van der Waals surface area contributed by atoms with Crippen molar-refractivity contribution >= 4 is 41.8 Å². The average molecular weight is 534 g/mol. The van der Waals surface area contributed by atoms with Gasteiger partial charge in [-0.2, -0.15) is 0 Å². The molecule has 208 valence electrons. The number of esters is 7. The lowest BCUT2D eigenvalue weighted by Gasteiger charge is -2.51. The van der Waals surface area contributed by atoms with E-state index in [-0.39, 0.29) is 0 Å². The van der Waals surface area contributed by atoms with Gasteiger partial charge in [0.1, 0.15) is 19.3 Å². The van der Waals surface area contributed by atoms with Crippen LogP contribution in [0.1, 0.15) is 48.5 Å². The fourth-order valence-electron chi connectivity index (χ4n) is 3.55. The van der Waals surface area contributed by atoms with Crippen LogP contribution in [-0.2, 0) is 71.5 Å². The van der Waals surface area contributed by atoms with E-state index in [4.69, 9.17) is 37.9 Å². The van der Waals surface area contributed by atoms with Gasteiger partial charge in [0.15, 0.2) is 12.2 Å². The van der Waals surface area contributed by atoms with Gasteiger partial charge in [0.25, 0.3) is 5.79 Å². The molecule has 0 N–H and O–H groups in total. The monoisotopic (exact) mass is 534 g/mol. The summed E-state index contributed by atoms with van der Waals surface area (Å²) in [6.07, 6.45) is -8.65. The highest BCUT2D eigenvalue weighted by molar-refractivity contribution is 5.70. The Hall–Kier alpha value is -3.75. The Morgan fingerprint density at radius 1 is 0.649 bits per heavy atom. The first kappa shape index (κ1) is 31.3. The summed E-state index contributed by atoms with van der Waals surface area (Å²) >= 11 is 0. The third-order valence-electron chi connectivity index (χ3n) is 4.57. The Balaban J connectivity index is 3.94. The predicted molar refractivity (Wildman–Crippen MR) is 115 cm³/mol. The number of hydrogen-bond acceptors (Lipinski definition) is 15. The highest BCUT2D eigenvalue weighted by atomic mass is 16.8. The second kappa shape index (κ2) is 13.5. The summed E-state index contributed by atoms with van der Waals surface area (Å²) in [7, 11) is 0. The van der Waals surface area contributed by atoms with Gasteiger partial charge in [0, 0.05) is 48.5 Å². The van der Waals surface area contributed by atoms with Crippen molar-refractivity contribution in [3.05, 3.63) is 0 Å². The van der Waals surface area contributed by atoms with E-state index in [2.05, 4.69) is 0 Å². The molecule has 15 heteroatoms. The van der Waals surface area contributed by atoms with Crippen molar-refractivity contribution in [2.45, 2.75) is 84.8 Å². The number of carbonyl (C=O) groups is 7. The average Bonchev–Trinajstić information content (AvgIpc) is 2.72. The van der Waals surface area contributed by atoms with E-state index in [1.165, 1.54) is 0 Å². The SMILES string of the molecule is CC(=O)OC[C@H]1O[C@@](OC(C)=O)([C@@H](COC(C)=O)OC(C)=O)[C@H](OC(C)=O)[C@@H](OC(C)=O)[C@@H]1OC(C)=O. The molecular weight excluding hydrogens is 504 g/mol. The summed E-state index contributed by atoms with van der Waals surface area (Å²) in [6.45, 7) is 5.55. The molecule has 0 bridgehead atoms. The highest BCUT2D eigenvalue weighted by Gasteiger charge is 2.67. The Kier molecular flexibility index (Phi) is 11.4. The Morgan fingerprint density at radius 3 is 1.59 bits per heavy atom. The number of hydrogen-bond donors (Lipinski definition) is 0. The standard InChI is InChI=1S/C22H30O15/c1-10(23)30-8-17-19(33-13(4)26)20(34-14(5)27)21(35-15(6)28)22(37-17,36-16(7)29)18(32-12(3)25)9-31-11(2)24/h17-21H,8-9H2,1-7H3/t17-,18-,19-,20+,21-,22+/m1/s1. The predicted octanol–water partition coefficient (Wildman–Crippen LogP) is -0.502. The van der Waals surface area contributed by atoms with Gasteiger partial charge in [-0.25, -0.2) is 0 Å². The van der Waals surface area contributed by atoms with Gasteiger partial charge in [0.2, 0.25) is 12.2 Å². The molecule has 0 spiro atoms. The van der Waals surface area contributed by atoms with E-state index in [0.717, 1.165) is 48.5 Å². The van der Waals surface area contributed by atoms with Crippen LogP contribution in [0.15, 0.2) is 0 Å². The van der Waals surface area contributed by atoms with Gasteiger partial charge in [-0.05, 0) is 0 Å². The second-order valence-corrected chi connectivity index (χ2v) is 7.85. The van der Waals surface area contributed by atoms with Crippen LogP contribution in [0.3, 0.4) is 0 Å². The van der Waals surface area contributed by atoms with Crippen molar-refractivity contribution in [3.63, 3.8) is 0 Å². The molecule has 1 saturated heterocycles. The lowest BCUT2D eigenvalue weighted by Crippen LogP contribution is -2.73. The third-order valence-corrected chi connectivity index (χ3v) is 4.57. The minimum atomic E-state index is -2.65. The molecule has 1 aliphatic rings. The van der Waals surface area contributed by atoms with E-state index in [9.17, 15) is 33.6 Å². The number of ether oxygens (including phenoxy) is 8. The Labute approximate surface area is 211 Å². The maximum atomic E-state index is 12.3. The first-order valence-electron chi connectivity index (χ1n) is 10.9. The van der Waals surface area contributed by atoms with Gasteiger partial charge in [-0.1, -0.05) is 0 Å². The first-order chi connectivity index (χ1) is 17.1. The summed E-state index contributed by atoms with van der Waals surface area (Å²) in [5, 5.41) is 0. The number of carbonyl (C=O) groups excluding carboxylic acids is 7. The molecule has 0 aromatic carbocycles. The molecule has 1 heterocycles. The van der Waals surface area contributed by atoms with Gasteiger partial charge >= 0.3 is 41.8 Å². The van der Waals surface area contributed by atoms with Crippen LogP contribution in [0.5, 0.6) is 0 Å². The molecule has 0 saturated carbocycles. The van der Waals surface area contributed by atoms with Crippen LogP contribution in [0.2, 0.25) is 0 Å². The van der Waals surface area contributed by atoms with Crippen LogP contribution < -0.4 is 0 Å². The summed E-state index contributed by atoms with van der Waals surface area (Å²) in [6, 6.07) is 0. The van der Waals surface area contributed by atoms with E-state index < -0.39 is 91.3 Å². The van der Waals surface area contributed by atoms with Gasteiger partial charge < -0.3 is 37.9 Å². The van der Waals surface area contributed by atoms with Crippen molar-refractivity contribution < 1.29 is 71.5 Å². The molecule has 0 aliphatic carbocycles. The van der Waals surface area contributed by atoms with Crippen molar-refractivity contribution in [1.82, 2.24) is 0 Å². The van der Waals surface area contributed by atoms with Crippen molar-refractivity contribution in [2.75, 3.05) is 13.2 Å². The summed E-state index contributed by atoms with van der Waals surface area (Å²) in [5.74, 6) is -9.14. The third kappa shape index (κ3) is 9.33. The van der Waals surface area contributed by atoms with Crippen LogP contribution in [0.25, 0.3) is 0 Å². The zero-order chi connectivity index (χ0) is 28.5. The molecule has 0 aromatic rings. The van der Waals surface area contributed by atoms with Crippen LogP contribution in [-0.4, -0.2) is 91.3 Å². The van der Waals surface area contributed by atoms with E-state index in [0.29, 0.717) is 0 Å². The summed E-state index contributed by atoms with van der Waals surface area (Å²) < 4.78 is 42.4.